The average Bonchev–Trinajstić information content (AvgIpc) is 3.70. The normalized spacial score (nSPS) is 15.0. The van der Waals surface area contributed by atoms with Crippen LogP contribution in [-0.4, -0.2) is 4.57 Å². The monoisotopic (exact) mass is 797 g/mol. The van der Waals surface area contributed by atoms with Crippen LogP contribution in [0.1, 0.15) is 45.2 Å². The van der Waals surface area contributed by atoms with Crippen molar-refractivity contribution < 1.29 is 0 Å². The molecule has 11 aromatic carbocycles. The highest BCUT2D eigenvalue weighted by Gasteiger charge is 2.43. The highest BCUT2D eigenvalue weighted by Crippen LogP contribution is 2.60. The topological polar surface area (TPSA) is 4.93 Å². The Bertz CT molecular complexity index is 3750. The maximum atomic E-state index is 2.44. The third-order valence-corrected chi connectivity index (χ3v) is 14.3. The van der Waals surface area contributed by atoms with E-state index in [4.69, 9.17) is 0 Å². The molecule has 0 spiro atoms. The van der Waals surface area contributed by atoms with Crippen LogP contribution in [0.15, 0.2) is 224 Å². The van der Waals surface area contributed by atoms with Crippen LogP contribution in [0, 0.1) is 0 Å². The summed E-state index contributed by atoms with van der Waals surface area (Å²) in [5.74, 6) is 0.243. The number of hydrogen-bond donors (Lipinski definition) is 0. The number of aromatic nitrogens is 1. The minimum atomic E-state index is 0.121. The highest BCUT2D eigenvalue weighted by atomic mass is 15.0. The molecule has 0 atom stereocenters. The van der Waals surface area contributed by atoms with Gasteiger partial charge >= 0.3 is 0 Å². The molecule has 2 bridgehead atoms. The van der Waals surface area contributed by atoms with Gasteiger partial charge in [0.25, 0.3) is 0 Å². The third-order valence-electron chi connectivity index (χ3n) is 14.3. The van der Waals surface area contributed by atoms with Crippen molar-refractivity contribution in [2.45, 2.75) is 11.8 Å². The summed E-state index contributed by atoms with van der Waals surface area (Å²) in [6, 6.07) is 84.2. The maximum Gasteiger partial charge on any atom is 0.0541 e. The van der Waals surface area contributed by atoms with Gasteiger partial charge in [-0.2, -0.15) is 0 Å². The summed E-state index contributed by atoms with van der Waals surface area (Å²) in [5, 5.41) is 10.3. The number of benzene rings is 11. The van der Waals surface area contributed by atoms with Crippen molar-refractivity contribution in [1.82, 2.24) is 4.57 Å². The summed E-state index contributed by atoms with van der Waals surface area (Å²) in [7, 11) is 0. The predicted molar refractivity (Wildman–Crippen MR) is 264 cm³/mol. The molecule has 0 fully saturated rings. The zero-order valence-corrected chi connectivity index (χ0v) is 34.5. The van der Waals surface area contributed by atoms with E-state index in [0.29, 0.717) is 0 Å². The van der Waals surface area contributed by atoms with Crippen LogP contribution in [0.2, 0.25) is 0 Å². The molecule has 0 saturated heterocycles. The first-order valence-corrected chi connectivity index (χ1v) is 22.2. The Morgan fingerprint density at radius 1 is 0.254 bits per heavy atom. The van der Waals surface area contributed by atoms with Gasteiger partial charge < -0.3 is 4.57 Å². The van der Waals surface area contributed by atoms with E-state index in [1.807, 2.05) is 0 Å². The number of hydrogen-bond acceptors (Lipinski definition) is 0. The van der Waals surface area contributed by atoms with Gasteiger partial charge in [-0.15, -0.1) is 0 Å². The van der Waals surface area contributed by atoms with E-state index in [1.165, 1.54) is 127 Å². The fourth-order valence-electron chi connectivity index (χ4n) is 11.8. The minimum Gasteiger partial charge on any atom is -0.309 e. The number of nitrogens with zero attached hydrogens (tertiary/aromatic N) is 1. The predicted octanol–water partition coefficient (Wildman–Crippen LogP) is 16.2. The first-order chi connectivity index (χ1) is 31.3. The average molecular weight is 798 g/mol. The molecule has 0 radical (unpaired) electrons. The van der Waals surface area contributed by atoms with Crippen molar-refractivity contribution in [2.75, 3.05) is 0 Å². The first-order valence-electron chi connectivity index (χ1n) is 22.2. The van der Waals surface area contributed by atoms with E-state index >= 15 is 0 Å². The Labute approximate surface area is 365 Å². The van der Waals surface area contributed by atoms with Gasteiger partial charge in [-0.25, -0.2) is 0 Å². The molecule has 292 valence electrons. The van der Waals surface area contributed by atoms with Crippen LogP contribution in [0.4, 0.5) is 0 Å². The van der Waals surface area contributed by atoms with Crippen LogP contribution in [0.25, 0.3) is 93.2 Å². The third kappa shape index (κ3) is 4.94. The van der Waals surface area contributed by atoms with Gasteiger partial charge in [-0.3, -0.25) is 0 Å². The Balaban J connectivity index is 0.984. The van der Waals surface area contributed by atoms with E-state index in [2.05, 4.69) is 229 Å². The highest BCUT2D eigenvalue weighted by molar-refractivity contribution is 6.25. The van der Waals surface area contributed by atoms with E-state index in [1.54, 1.807) is 0 Å². The summed E-state index contributed by atoms with van der Waals surface area (Å²) >= 11 is 0. The number of fused-ring (bicyclic) bond motifs is 9. The summed E-state index contributed by atoms with van der Waals surface area (Å²) in [4.78, 5) is 0. The van der Waals surface area contributed by atoms with Crippen molar-refractivity contribution in [2.24, 2.45) is 0 Å². The molecule has 1 nitrogen and oxygen atoms in total. The smallest absolute Gasteiger partial charge is 0.0541 e. The van der Waals surface area contributed by atoms with Crippen molar-refractivity contribution in [3.05, 3.63) is 258 Å². The second kappa shape index (κ2) is 13.2. The summed E-state index contributed by atoms with van der Waals surface area (Å²) in [6.07, 6.45) is 0. The molecule has 0 N–H and O–H groups in total. The van der Waals surface area contributed by atoms with Crippen molar-refractivity contribution in [3.63, 3.8) is 0 Å². The Hall–Kier alpha value is -8.00. The molecule has 0 aliphatic heterocycles. The van der Waals surface area contributed by atoms with Gasteiger partial charge in [0.2, 0.25) is 0 Å². The molecular formula is C62H39N. The summed E-state index contributed by atoms with van der Waals surface area (Å²) in [5.41, 5.74) is 19.8. The van der Waals surface area contributed by atoms with E-state index in [9.17, 15) is 0 Å². The van der Waals surface area contributed by atoms with E-state index < -0.39 is 0 Å². The number of rotatable bonds is 4. The second-order valence-corrected chi connectivity index (χ2v) is 17.5. The van der Waals surface area contributed by atoms with Crippen LogP contribution < -0.4 is 0 Å². The van der Waals surface area contributed by atoms with Gasteiger partial charge in [0.05, 0.1) is 11.0 Å². The fraction of sp³-hybridized carbons (Fsp3) is 0.0323. The van der Waals surface area contributed by atoms with Gasteiger partial charge in [0.15, 0.2) is 0 Å². The van der Waals surface area contributed by atoms with Gasteiger partial charge in [0, 0.05) is 28.3 Å². The van der Waals surface area contributed by atoms with Crippen LogP contribution in [0.3, 0.4) is 0 Å². The molecule has 1 heterocycles. The Morgan fingerprint density at radius 2 is 0.651 bits per heavy atom. The lowest BCUT2D eigenvalue weighted by Gasteiger charge is -2.44. The molecule has 0 saturated carbocycles. The second-order valence-electron chi connectivity index (χ2n) is 17.5. The molecule has 15 rings (SSSR count). The fourth-order valence-corrected chi connectivity index (χ4v) is 11.8. The molecule has 0 amide bonds. The molecule has 0 unspecified atom stereocenters. The number of para-hydroxylation sites is 2. The van der Waals surface area contributed by atoms with E-state index in [-0.39, 0.29) is 11.8 Å². The van der Waals surface area contributed by atoms with E-state index in [0.717, 1.165) is 0 Å². The molecule has 3 aliphatic carbocycles. The van der Waals surface area contributed by atoms with Gasteiger partial charge in [-0.1, -0.05) is 188 Å². The molecule has 3 aliphatic rings. The zero-order chi connectivity index (χ0) is 41.2. The lowest BCUT2D eigenvalue weighted by atomic mass is 9.58. The lowest BCUT2D eigenvalue weighted by Crippen LogP contribution is -2.28. The summed E-state index contributed by atoms with van der Waals surface area (Å²) < 4.78 is 2.44. The summed E-state index contributed by atoms with van der Waals surface area (Å²) in [6.45, 7) is 0. The molecular weight excluding hydrogens is 759 g/mol. The van der Waals surface area contributed by atoms with Crippen LogP contribution >= 0.6 is 0 Å². The molecule has 1 aromatic heterocycles. The lowest BCUT2D eigenvalue weighted by molar-refractivity contribution is 0.757. The molecule has 63 heavy (non-hydrogen) atoms. The van der Waals surface area contributed by atoms with Gasteiger partial charge in [-0.05, 0) is 135 Å². The molecule has 12 aromatic rings. The zero-order valence-electron chi connectivity index (χ0n) is 34.5. The van der Waals surface area contributed by atoms with Crippen molar-refractivity contribution in [3.8, 4) is 39.1 Å². The van der Waals surface area contributed by atoms with Crippen LogP contribution in [-0.2, 0) is 0 Å². The van der Waals surface area contributed by atoms with Gasteiger partial charge in [0.1, 0.15) is 0 Å². The largest absolute Gasteiger partial charge is 0.309 e. The Kier molecular flexibility index (Phi) is 7.29. The standard InChI is InChI=1S/C62H39N/c1-2-21-47-45(19-1)46-20-3-4-22-48(46)56-37-39(31-32-49(47)56)38-15-13-16-40(35-38)43-33-34-44(62-60-54-27-7-5-25-52(54)59(61(43)62)53-26-6-8-28-55(53)60)41-17-14-18-42(36-41)63-57-29-11-9-23-50(57)51-24-10-12-30-58(51)63/h1-37,59-60H. The quantitative estimate of drug-likeness (QED) is 0.156. The van der Waals surface area contributed by atoms with Crippen molar-refractivity contribution >= 4 is 54.1 Å². The Morgan fingerprint density at radius 3 is 1.19 bits per heavy atom. The van der Waals surface area contributed by atoms with Crippen molar-refractivity contribution in [1.29, 1.82) is 0 Å². The maximum absolute atomic E-state index is 2.44. The van der Waals surface area contributed by atoms with Crippen LogP contribution in [0.5, 0.6) is 0 Å². The SMILES string of the molecule is c1cc(-c2ccc3c4ccccc4c4ccccc4c3c2)cc(-c2ccc(-c3cccc(-n4c5ccccc5c5ccccc54)c3)c3c2C2c4ccccc4C3c3ccccc32)c1. The first kappa shape index (κ1) is 34.7. The minimum absolute atomic E-state index is 0.121. The molecule has 1 heteroatoms.